The Bertz CT molecular complexity index is 455. The van der Waals surface area contributed by atoms with Crippen LogP contribution in [0.1, 0.15) is 24.5 Å². The number of ether oxygens (including phenoxy) is 1. The first-order chi connectivity index (χ1) is 10.2. The first-order valence-electron chi connectivity index (χ1n) is 8.13. The Hall–Kier alpha value is -0.980. The van der Waals surface area contributed by atoms with Crippen molar-refractivity contribution < 1.29 is 4.74 Å². The quantitative estimate of drug-likeness (QED) is 0.881. The van der Waals surface area contributed by atoms with Gasteiger partial charge in [0.05, 0.1) is 19.3 Å². The summed E-state index contributed by atoms with van der Waals surface area (Å²) in [5.74, 6) is 2.62. The van der Waals surface area contributed by atoms with E-state index >= 15 is 0 Å². The number of hydrogen-bond donors (Lipinski definition) is 1. The van der Waals surface area contributed by atoms with Crippen molar-refractivity contribution in [1.82, 2.24) is 25.0 Å². The fraction of sp³-hybridized carbons (Fsp3) is 0.867. The molecular formula is C15H27N5O. The summed E-state index contributed by atoms with van der Waals surface area (Å²) in [7, 11) is 0. The number of piperidine rings is 1. The maximum atomic E-state index is 5.92. The first-order valence-corrected chi connectivity index (χ1v) is 8.13. The van der Waals surface area contributed by atoms with Crippen LogP contribution >= 0.6 is 0 Å². The minimum absolute atomic E-state index is 0.232. The Morgan fingerprint density at radius 2 is 2.24 bits per heavy atom. The zero-order chi connectivity index (χ0) is 14.7. The normalized spacial score (nSPS) is 27.9. The van der Waals surface area contributed by atoms with Crippen LogP contribution in [-0.4, -0.2) is 65.1 Å². The minimum Gasteiger partial charge on any atom is -0.374 e. The summed E-state index contributed by atoms with van der Waals surface area (Å²) >= 11 is 0. The highest BCUT2D eigenvalue weighted by Gasteiger charge is 2.24. The van der Waals surface area contributed by atoms with Crippen molar-refractivity contribution in [2.24, 2.45) is 5.92 Å². The standard InChI is InChI=1S/C15H27N5O/c1-12-17-13(2)20(18-12)11-15-10-19(6-7-21-15)9-14-4-3-5-16-8-14/h14-16H,3-11H2,1-2H3. The van der Waals surface area contributed by atoms with Crippen molar-refractivity contribution in [3.05, 3.63) is 11.6 Å². The van der Waals surface area contributed by atoms with Gasteiger partial charge >= 0.3 is 0 Å². The molecule has 2 atom stereocenters. The van der Waals surface area contributed by atoms with E-state index in [0.717, 1.165) is 43.8 Å². The molecule has 2 unspecified atom stereocenters. The van der Waals surface area contributed by atoms with E-state index in [1.54, 1.807) is 0 Å². The number of aryl methyl sites for hydroxylation is 2. The summed E-state index contributed by atoms with van der Waals surface area (Å²) in [5.41, 5.74) is 0. The van der Waals surface area contributed by atoms with Gasteiger partial charge in [-0.15, -0.1) is 0 Å². The molecule has 3 rings (SSSR count). The monoisotopic (exact) mass is 293 g/mol. The third-order valence-electron chi connectivity index (χ3n) is 4.48. The van der Waals surface area contributed by atoms with Crippen LogP contribution in [0.4, 0.5) is 0 Å². The number of morpholine rings is 1. The van der Waals surface area contributed by atoms with Gasteiger partial charge in [0.2, 0.25) is 0 Å². The Morgan fingerprint density at radius 3 is 2.95 bits per heavy atom. The smallest absolute Gasteiger partial charge is 0.147 e. The molecule has 1 aromatic heterocycles. The van der Waals surface area contributed by atoms with Crippen molar-refractivity contribution in [1.29, 1.82) is 0 Å². The molecule has 0 amide bonds. The van der Waals surface area contributed by atoms with Crippen LogP contribution in [0, 0.1) is 19.8 Å². The summed E-state index contributed by atoms with van der Waals surface area (Å²) in [4.78, 5) is 6.92. The molecule has 0 aromatic carbocycles. The number of nitrogens with one attached hydrogen (secondary N) is 1. The average molecular weight is 293 g/mol. The van der Waals surface area contributed by atoms with Gasteiger partial charge in [0, 0.05) is 19.6 Å². The molecule has 0 saturated carbocycles. The van der Waals surface area contributed by atoms with E-state index in [1.165, 1.54) is 32.5 Å². The third-order valence-corrected chi connectivity index (χ3v) is 4.48. The van der Waals surface area contributed by atoms with Crippen molar-refractivity contribution in [3.63, 3.8) is 0 Å². The molecule has 2 aliphatic rings. The molecule has 21 heavy (non-hydrogen) atoms. The van der Waals surface area contributed by atoms with Gasteiger partial charge in [0.25, 0.3) is 0 Å². The Balaban J connectivity index is 1.51. The fourth-order valence-corrected chi connectivity index (χ4v) is 3.43. The maximum absolute atomic E-state index is 5.92. The molecular weight excluding hydrogens is 266 g/mol. The van der Waals surface area contributed by atoms with Crippen LogP contribution in [0.2, 0.25) is 0 Å². The van der Waals surface area contributed by atoms with Crippen molar-refractivity contribution in [3.8, 4) is 0 Å². The molecule has 3 heterocycles. The van der Waals surface area contributed by atoms with Gasteiger partial charge in [0.15, 0.2) is 0 Å². The Labute approximate surface area is 126 Å². The molecule has 118 valence electrons. The summed E-state index contributed by atoms with van der Waals surface area (Å²) in [6, 6.07) is 0. The summed E-state index contributed by atoms with van der Waals surface area (Å²) < 4.78 is 7.90. The van der Waals surface area contributed by atoms with Crippen LogP contribution in [0.5, 0.6) is 0 Å². The van der Waals surface area contributed by atoms with Gasteiger partial charge < -0.3 is 10.1 Å². The lowest BCUT2D eigenvalue weighted by Crippen LogP contribution is -2.47. The highest BCUT2D eigenvalue weighted by Crippen LogP contribution is 2.15. The molecule has 2 aliphatic heterocycles. The predicted molar refractivity (Wildman–Crippen MR) is 81.3 cm³/mol. The fourth-order valence-electron chi connectivity index (χ4n) is 3.43. The van der Waals surface area contributed by atoms with Crippen LogP contribution in [0.25, 0.3) is 0 Å². The van der Waals surface area contributed by atoms with E-state index in [2.05, 4.69) is 20.3 Å². The van der Waals surface area contributed by atoms with Gasteiger partial charge in [0.1, 0.15) is 11.6 Å². The molecule has 2 saturated heterocycles. The molecule has 0 spiro atoms. The zero-order valence-electron chi connectivity index (χ0n) is 13.2. The number of aromatic nitrogens is 3. The Morgan fingerprint density at radius 1 is 1.33 bits per heavy atom. The molecule has 1 N–H and O–H groups in total. The van der Waals surface area contributed by atoms with Gasteiger partial charge in [-0.25, -0.2) is 9.67 Å². The van der Waals surface area contributed by atoms with Gasteiger partial charge in [-0.2, -0.15) is 5.10 Å². The molecule has 1 aromatic rings. The van der Waals surface area contributed by atoms with Crippen LogP contribution in [0.3, 0.4) is 0 Å². The highest BCUT2D eigenvalue weighted by molar-refractivity contribution is 4.89. The van der Waals surface area contributed by atoms with Crippen LogP contribution < -0.4 is 5.32 Å². The van der Waals surface area contributed by atoms with Gasteiger partial charge in [-0.3, -0.25) is 4.90 Å². The average Bonchev–Trinajstić information content (AvgIpc) is 2.78. The Kier molecular flexibility index (Phi) is 4.87. The second kappa shape index (κ2) is 6.85. The number of rotatable bonds is 4. The summed E-state index contributed by atoms with van der Waals surface area (Å²) in [6.45, 7) is 11.2. The van der Waals surface area contributed by atoms with Crippen molar-refractivity contribution in [2.45, 2.75) is 39.3 Å². The molecule has 6 nitrogen and oxygen atoms in total. The topological polar surface area (TPSA) is 55.2 Å². The predicted octanol–water partition coefficient (Wildman–Crippen LogP) is 0.595. The molecule has 0 bridgehead atoms. The summed E-state index contributed by atoms with van der Waals surface area (Å²) in [5, 5.41) is 7.95. The van der Waals surface area contributed by atoms with E-state index in [-0.39, 0.29) is 6.10 Å². The second-order valence-corrected chi connectivity index (χ2v) is 6.35. The van der Waals surface area contributed by atoms with Crippen molar-refractivity contribution in [2.75, 3.05) is 39.3 Å². The number of hydrogen-bond acceptors (Lipinski definition) is 5. The highest BCUT2D eigenvalue weighted by atomic mass is 16.5. The maximum Gasteiger partial charge on any atom is 0.147 e. The lowest BCUT2D eigenvalue weighted by molar-refractivity contribution is -0.0426. The van der Waals surface area contributed by atoms with E-state index in [9.17, 15) is 0 Å². The molecule has 0 aliphatic carbocycles. The van der Waals surface area contributed by atoms with Crippen LogP contribution in [-0.2, 0) is 11.3 Å². The van der Waals surface area contributed by atoms with Gasteiger partial charge in [-0.1, -0.05) is 0 Å². The molecule has 6 heteroatoms. The number of nitrogens with zero attached hydrogens (tertiary/aromatic N) is 4. The van der Waals surface area contributed by atoms with Crippen molar-refractivity contribution >= 4 is 0 Å². The van der Waals surface area contributed by atoms with Crippen LogP contribution in [0.15, 0.2) is 0 Å². The van der Waals surface area contributed by atoms with Gasteiger partial charge in [-0.05, 0) is 45.7 Å². The van der Waals surface area contributed by atoms with E-state index in [4.69, 9.17) is 4.74 Å². The lowest BCUT2D eigenvalue weighted by Gasteiger charge is -2.36. The zero-order valence-corrected chi connectivity index (χ0v) is 13.2. The minimum atomic E-state index is 0.232. The molecule has 0 radical (unpaired) electrons. The summed E-state index contributed by atoms with van der Waals surface area (Å²) in [6.07, 6.45) is 2.90. The van der Waals surface area contributed by atoms with E-state index in [0.29, 0.717) is 0 Å². The SMILES string of the molecule is Cc1nc(C)n(CC2CN(CC3CCCNC3)CCO2)n1. The third kappa shape index (κ3) is 4.02. The molecule has 2 fully saturated rings. The largest absolute Gasteiger partial charge is 0.374 e. The second-order valence-electron chi connectivity index (χ2n) is 6.35. The van der Waals surface area contributed by atoms with E-state index in [1.807, 2.05) is 18.5 Å². The van der Waals surface area contributed by atoms with E-state index < -0.39 is 0 Å². The lowest BCUT2D eigenvalue weighted by atomic mass is 9.99. The first kappa shape index (κ1) is 14.9.